The van der Waals surface area contributed by atoms with E-state index in [0.717, 1.165) is 47.2 Å². The normalized spacial score (nSPS) is 20.8. The monoisotopic (exact) mass is 377 g/mol. The molecule has 2 aliphatic rings. The number of anilines is 2. The van der Waals surface area contributed by atoms with Crippen molar-refractivity contribution in [2.75, 3.05) is 28.6 Å². The van der Waals surface area contributed by atoms with Gasteiger partial charge < -0.3 is 4.90 Å². The third-order valence-corrected chi connectivity index (χ3v) is 7.18. The fourth-order valence-electron chi connectivity index (χ4n) is 3.89. The number of aromatic nitrogens is 1. The molecule has 2 aromatic rings. The third-order valence-electron chi connectivity index (χ3n) is 5.00. The Balaban J connectivity index is 1.63. The van der Waals surface area contributed by atoms with Gasteiger partial charge in [-0.25, -0.2) is 13.4 Å². The zero-order valence-corrected chi connectivity index (χ0v) is 16.2. The standard InChI is InChI=1S/C18H23N3O2S2/c1-13-10-15-11-14(6-7-17(15)21(13)25(2,22)23)16-12-24-18(19-16)20-8-4-3-5-9-20/h6-7,11-13H,3-5,8-10H2,1-2H3/t13-/m0/s1. The number of hydrogen-bond acceptors (Lipinski definition) is 5. The summed E-state index contributed by atoms with van der Waals surface area (Å²) in [5, 5.41) is 3.21. The van der Waals surface area contributed by atoms with E-state index in [1.807, 2.05) is 19.1 Å². The Morgan fingerprint density at radius 2 is 1.96 bits per heavy atom. The van der Waals surface area contributed by atoms with Crippen LogP contribution in [0.4, 0.5) is 10.8 Å². The summed E-state index contributed by atoms with van der Waals surface area (Å²) in [4.78, 5) is 7.20. The van der Waals surface area contributed by atoms with E-state index in [0.29, 0.717) is 0 Å². The van der Waals surface area contributed by atoms with Crippen LogP contribution >= 0.6 is 11.3 Å². The van der Waals surface area contributed by atoms with Gasteiger partial charge in [0.2, 0.25) is 10.0 Å². The summed E-state index contributed by atoms with van der Waals surface area (Å²) in [6.45, 7) is 4.15. The largest absolute Gasteiger partial charge is 0.348 e. The quantitative estimate of drug-likeness (QED) is 0.821. The number of piperidine rings is 1. The molecule has 0 aliphatic carbocycles. The Labute approximate surface area is 153 Å². The highest BCUT2D eigenvalue weighted by Crippen LogP contribution is 2.37. The van der Waals surface area contributed by atoms with Gasteiger partial charge in [0.1, 0.15) is 0 Å². The Kier molecular flexibility index (Phi) is 4.24. The van der Waals surface area contributed by atoms with Crippen LogP contribution in [0, 0.1) is 0 Å². The van der Waals surface area contributed by atoms with Crippen LogP contribution in [0.3, 0.4) is 0 Å². The fourth-order valence-corrected chi connectivity index (χ4v) is 6.05. The second-order valence-electron chi connectivity index (χ2n) is 7.02. The molecule has 0 N–H and O–H groups in total. The van der Waals surface area contributed by atoms with E-state index in [4.69, 9.17) is 4.98 Å². The van der Waals surface area contributed by atoms with Gasteiger partial charge in [0, 0.05) is 30.1 Å². The molecule has 0 unspecified atom stereocenters. The number of sulfonamides is 1. The summed E-state index contributed by atoms with van der Waals surface area (Å²) in [6, 6.07) is 5.99. The van der Waals surface area contributed by atoms with Crippen LogP contribution in [0.2, 0.25) is 0 Å². The molecule has 0 saturated carbocycles. The molecule has 25 heavy (non-hydrogen) atoms. The van der Waals surface area contributed by atoms with Crippen LogP contribution < -0.4 is 9.21 Å². The first-order valence-corrected chi connectivity index (χ1v) is 11.5. The molecule has 1 aromatic heterocycles. The highest BCUT2D eigenvalue weighted by Gasteiger charge is 2.32. The minimum atomic E-state index is -3.24. The third kappa shape index (κ3) is 3.15. The van der Waals surface area contributed by atoms with Crippen molar-refractivity contribution in [1.29, 1.82) is 0 Å². The molecule has 0 spiro atoms. The van der Waals surface area contributed by atoms with Crippen molar-refractivity contribution in [2.24, 2.45) is 0 Å². The van der Waals surface area contributed by atoms with Crippen LogP contribution in [0.5, 0.6) is 0 Å². The van der Waals surface area contributed by atoms with Crippen molar-refractivity contribution in [2.45, 2.75) is 38.6 Å². The first-order chi connectivity index (χ1) is 11.9. The molecule has 1 fully saturated rings. The number of thiazole rings is 1. The van der Waals surface area contributed by atoms with Gasteiger partial charge in [-0.3, -0.25) is 4.31 Å². The molecule has 0 amide bonds. The van der Waals surface area contributed by atoms with Crippen molar-refractivity contribution in [3.8, 4) is 11.3 Å². The number of benzene rings is 1. The number of hydrogen-bond donors (Lipinski definition) is 0. The summed E-state index contributed by atoms with van der Waals surface area (Å²) in [6.07, 6.45) is 5.83. The highest BCUT2D eigenvalue weighted by molar-refractivity contribution is 7.92. The molecule has 5 nitrogen and oxygen atoms in total. The zero-order valence-electron chi connectivity index (χ0n) is 14.6. The second kappa shape index (κ2) is 6.29. The molecule has 0 radical (unpaired) electrons. The lowest BCUT2D eigenvalue weighted by atomic mass is 10.1. The molecular formula is C18H23N3O2S2. The van der Waals surface area contributed by atoms with Gasteiger partial charge in [-0.1, -0.05) is 6.07 Å². The summed E-state index contributed by atoms with van der Waals surface area (Å²) in [5.74, 6) is 0. The van der Waals surface area contributed by atoms with E-state index in [9.17, 15) is 8.42 Å². The van der Waals surface area contributed by atoms with Gasteiger partial charge in [0.15, 0.2) is 5.13 Å². The van der Waals surface area contributed by atoms with E-state index in [2.05, 4.69) is 16.3 Å². The van der Waals surface area contributed by atoms with E-state index in [1.54, 1.807) is 11.3 Å². The predicted molar refractivity (Wildman–Crippen MR) is 104 cm³/mol. The van der Waals surface area contributed by atoms with Gasteiger partial charge >= 0.3 is 0 Å². The lowest BCUT2D eigenvalue weighted by Crippen LogP contribution is -2.34. The first kappa shape index (κ1) is 16.8. The molecule has 1 saturated heterocycles. The van der Waals surface area contributed by atoms with Gasteiger partial charge in [-0.15, -0.1) is 11.3 Å². The Morgan fingerprint density at radius 1 is 1.20 bits per heavy atom. The van der Waals surface area contributed by atoms with Crippen molar-refractivity contribution < 1.29 is 8.42 Å². The predicted octanol–water partition coefficient (Wildman–Crippen LogP) is 3.51. The minimum Gasteiger partial charge on any atom is -0.348 e. The van der Waals surface area contributed by atoms with E-state index < -0.39 is 10.0 Å². The lowest BCUT2D eigenvalue weighted by molar-refractivity contribution is 0.577. The molecule has 3 heterocycles. The second-order valence-corrected chi connectivity index (χ2v) is 9.71. The van der Waals surface area contributed by atoms with Crippen molar-refractivity contribution in [3.63, 3.8) is 0 Å². The van der Waals surface area contributed by atoms with E-state index >= 15 is 0 Å². The maximum absolute atomic E-state index is 12.0. The van der Waals surface area contributed by atoms with Crippen LogP contribution in [0.1, 0.15) is 31.7 Å². The van der Waals surface area contributed by atoms with E-state index in [-0.39, 0.29) is 6.04 Å². The summed E-state index contributed by atoms with van der Waals surface area (Å²) in [5.41, 5.74) is 3.95. The minimum absolute atomic E-state index is 0.0282. The van der Waals surface area contributed by atoms with E-state index in [1.165, 1.54) is 29.8 Å². The first-order valence-electron chi connectivity index (χ1n) is 8.76. The molecular weight excluding hydrogens is 354 g/mol. The summed E-state index contributed by atoms with van der Waals surface area (Å²) >= 11 is 1.70. The molecule has 7 heteroatoms. The van der Waals surface area contributed by atoms with Crippen LogP contribution in [-0.4, -0.2) is 38.8 Å². The van der Waals surface area contributed by atoms with Crippen molar-refractivity contribution in [1.82, 2.24) is 4.98 Å². The topological polar surface area (TPSA) is 53.5 Å². The average Bonchev–Trinajstić information content (AvgIpc) is 3.18. The Morgan fingerprint density at radius 3 is 2.68 bits per heavy atom. The fraction of sp³-hybridized carbons (Fsp3) is 0.500. The highest BCUT2D eigenvalue weighted by atomic mass is 32.2. The smallest absolute Gasteiger partial charge is 0.232 e. The van der Waals surface area contributed by atoms with Gasteiger partial charge in [0.25, 0.3) is 0 Å². The number of rotatable bonds is 3. The van der Waals surface area contributed by atoms with Crippen LogP contribution in [-0.2, 0) is 16.4 Å². The molecule has 4 rings (SSSR count). The van der Waals surface area contributed by atoms with Gasteiger partial charge in [-0.05, 0) is 50.3 Å². The number of fused-ring (bicyclic) bond motifs is 1. The average molecular weight is 378 g/mol. The molecule has 1 aromatic carbocycles. The number of nitrogens with zero attached hydrogens (tertiary/aromatic N) is 3. The van der Waals surface area contributed by atoms with Crippen molar-refractivity contribution >= 4 is 32.2 Å². The Bertz CT molecular complexity index is 885. The summed E-state index contributed by atoms with van der Waals surface area (Å²) < 4.78 is 25.6. The SMILES string of the molecule is C[C@H]1Cc2cc(-c3csc(N4CCCCC4)n3)ccc2N1S(C)(=O)=O. The van der Waals surface area contributed by atoms with Crippen LogP contribution in [0.25, 0.3) is 11.3 Å². The summed E-state index contributed by atoms with van der Waals surface area (Å²) in [7, 11) is -3.24. The molecule has 2 aliphatic heterocycles. The van der Waals surface area contributed by atoms with Gasteiger partial charge in [0.05, 0.1) is 17.6 Å². The maximum Gasteiger partial charge on any atom is 0.232 e. The van der Waals surface area contributed by atoms with Crippen molar-refractivity contribution in [3.05, 3.63) is 29.1 Å². The maximum atomic E-state index is 12.0. The lowest BCUT2D eigenvalue weighted by Gasteiger charge is -2.25. The zero-order chi connectivity index (χ0) is 17.6. The molecule has 0 bridgehead atoms. The van der Waals surface area contributed by atoms with Crippen LogP contribution in [0.15, 0.2) is 23.6 Å². The van der Waals surface area contributed by atoms with Gasteiger partial charge in [-0.2, -0.15) is 0 Å². The molecule has 134 valence electrons. The Hall–Kier alpha value is -1.60. The molecule has 1 atom stereocenters.